The van der Waals surface area contributed by atoms with Gasteiger partial charge in [0.15, 0.2) is 0 Å². The fraction of sp³-hybridized carbons (Fsp3) is 0.909. The lowest BCUT2D eigenvalue weighted by Gasteiger charge is -2.41. The molecule has 14 heavy (non-hydrogen) atoms. The summed E-state index contributed by atoms with van der Waals surface area (Å²) < 4.78 is 0. The average molecular weight is 196 g/mol. The molecule has 1 amide bonds. The molecule has 2 aliphatic rings. The van der Waals surface area contributed by atoms with E-state index in [1.807, 2.05) is 4.90 Å². The van der Waals surface area contributed by atoms with Crippen molar-refractivity contribution in [1.29, 1.82) is 0 Å². The van der Waals surface area contributed by atoms with Gasteiger partial charge in [-0.05, 0) is 27.2 Å². The van der Waals surface area contributed by atoms with Crippen LogP contribution >= 0.6 is 0 Å². The highest BCUT2D eigenvalue weighted by Gasteiger charge is 2.47. The lowest BCUT2D eigenvalue weighted by atomic mass is 10.0. The number of rotatable bonds is 0. The fourth-order valence-electron chi connectivity index (χ4n) is 2.87. The summed E-state index contributed by atoms with van der Waals surface area (Å²) in [6.45, 7) is 10.5. The van der Waals surface area contributed by atoms with E-state index in [1.54, 1.807) is 6.92 Å². The van der Waals surface area contributed by atoms with Crippen LogP contribution < -0.4 is 0 Å². The predicted molar refractivity (Wildman–Crippen MR) is 56.0 cm³/mol. The van der Waals surface area contributed by atoms with Gasteiger partial charge >= 0.3 is 0 Å². The Hall–Kier alpha value is -0.570. The van der Waals surface area contributed by atoms with E-state index >= 15 is 0 Å². The van der Waals surface area contributed by atoms with E-state index in [-0.39, 0.29) is 11.4 Å². The van der Waals surface area contributed by atoms with E-state index in [0.717, 1.165) is 13.1 Å². The minimum absolute atomic E-state index is 0.242. The summed E-state index contributed by atoms with van der Waals surface area (Å²) in [6.07, 6.45) is 1.18. The van der Waals surface area contributed by atoms with Crippen LogP contribution in [0.25, 0.3) is 0 Å². The Labute approximate surface area is 86.1 Å². The summed E-state index contributed by atoms with van der Waals surface area (Å²) in [6, 6.07) is 1.08. The van der Waals surface area contributed by atoms with Gasteiger partial charge in [-0.25, -0.2) is 0 Å². The van der Waals surface area contributed by atoms with Gasteiger partial charge in [-0.3, -0.25) is 9.69 Å². The zero-order valence-electron chi connectivity index (χ0n) is 9.58. The Morgan fingerprint density at radius 2 is 1.86 bits per heavy atom. The molecule has 2 fully saturated rings. The van der Waals surface area contributed by atoms with E-state index < -0.39 is 0 Å². The number of hydrogen-bond acceptors (Lipinski definition) is 2. The van der Waals surface area contributed by atoms with Crippen LogP contribution in [0.15, 0.2) is 0 Å². The Balaban J connectivity index is 2.07. The third-order valence-corrected chi connectivity index (χ3v) is 3.51. The first-order valence-electron chi connectivity index (χ1n) is 5.43. The number of likely N-dealkylation sites (tertiary alicyclic amines) is 2. The summed E-state index contributed by atoms with van der Waals surface area (Å²) >= 11 is 0. The zero-order valence-corrected chi connectivity index (χ0v) is 9.58. The molecule has 0 aliphatic carbocycles. The van der Waals surface area contributed by atoms with Crippen LogP contribution in [0.5, 0.6) is 0 Å². The molecule has 0 aromatic rings. The largest absolute Gasteiger partial charge is 0.337 e. The van der Waals surface area contributed by atoms with Gasteiger partial charge in [0.2, 0.25) is 5.91 Å². The highest BCUT2D eigenvalue weighted by molar-refractivity contribution is 5.74. The third kappa shape index (κ3) is 1.44. The van der Waals surface area contributed by atoms with Crippen molar-refractivity contribution in [3.05, 3.63) is 0 Å². The van der Waals surface area contributed by atoms with Gasteiger partial charge in [-0.2, -0.15) is 0 Å². The molecule has 3 heteroatoms. The van der Waals surface area contributed by atoms with Gasteiger partial charge in [-0.15, -0.1) is 0 Å². The Morgan fingerprint density at radius 3 is 2.21 bits per heavy atom. The van der Waals surface area contributed by atoms with E-state index in [9.17, 15) is 4.79 Å². The quantitative estimate of drug-likeness (QED) is 0.579. The molecule has 0 saturated carbocycles. The van der Waals surface area contributed by atoms with Crippen molar-refractivity contribution in [3.63, 3.8) is 0 Å². The SMILES string of the molecule is CC(=O)N1C[C@H]2C[C@@H]1CN2C(C)(C)C. The molecule has 2 atom stereocenters. The van der Waals surface area contributed by atoms with Crippen LogP contribution in [0.1, 0.15) is 34.1 Å². The maximum Gasteiger partial charge on any atom is 0.219 e. The van der Waals surface area contributed by atoms with Crippen molar-refractivity contribution in [2.75, 3.05) is 13.1 Å². The normalized spacial score (nSPS) is 32.7. The molecule has 0 N–H and O–H groups in total. The van der Waals surface area contributed by atoms with Crippen molar-refractivity contribution in [2.24, 2.45) is 0 Å². The summed E-state index contributed by atoms with van der Waals surface area (Å²) in [7, 11) is 0. The van der Waals surface area contributed by atoms with Crippen molar-refractivity contribution >= 4 is 5.91 Å². The molecule has 0 aromatic carbocycles. The van der Waals surface area contributed by atoms with Crippen molar-refractivity contribution in [2.45, 2.75) is 51.7 Å². The average Bonchev–Trinajstić information content (AvgIpc) is 2.58. The molecule has 3 nitrogen and oxygen atoms in total. The molecule has 2 saturated heterocycles. The van der Waals surface area contributed by atoms with Crippen molar-refractivity contribution < 1.29 is 4.79 Å². The smallest absolute Gasteiger partial charge is 0.219 e. The number of fused-ring (bicyclic) bond motifs is 2. The van der Waals surface area contributed by atoms with Gasteiger partial charge in [0.25, 0.3) is 0 Å². The highest BCUT2D eigenvalue weighted by Crippen LogP contribution is 2.35. The molecule has 0 aromatic heterocycles. The molecule has 0 spiro atoms. The number of carbonyl (C=O) groups excluding carboxylic acids is 1. The van der Waals surface area contributed by atoms with Crippen LogP contribution in [0.4, 0.5) is 0 Å². The van der Waals surface area contributed by atoms with Crippen LogP contribution in [0.3, 0.4) is 0 Å². The van der Waals surface area contributed by atoms with Crippen molar-refractivity contribution in [1.82, 2.24) is 9.80 Å². The Morgan fingerprint density at radius 1 is 1.21 bits per heavy atom. The summed E-state index contributed by atoms with van der Waals surface area (Å²) in [5, 5.41) is 0. The van der Waals surface area contributed by atoms with Crippen LogP contribution in [0, 0.1) is 0 Å². The minimum Gasteiger partial charge on any atom is -0.337 e. The lowest BCUT2D eigenvalue weighted by molar-refractivity contribution is -0.131. The van der Waals surface area contributed by atoms with E-state index in [0.29, 0.717) is 12.1 Å². The van der Waals surface area contributed by atoms with E-state index in [4.69, 9.17) is 0 Å². The number of carbonyl (C=O) groups is 1. The van der Waals surface area contributed by atoms with Gasteiger partial charge in [0, 0.05) is 37.6 Å². The van der Waals surface area contributed by atoms with Crippen LogP contribution in [0.2, 0.25) is 0 Å². The molecule has 80 valence electrons. The van der Waals surface area contributed by atoms with E-state index in [1.165, 1.54) is 6.42 Å². The number of nitrogens with zero attached hydrogens (tertiary/aromatic N) is 2. The number of piperazine rings is 1. The first kappa shape index (κ1) is 9.97. The van der Waals surface area contributed by atoms with Gasteiger partial charge in [0.1, 0.15) is 0 Å². The van der Waals surface area contributed by atoms with E-state index in [2.05, 4.69) is 25.7 Å². The Bertz CT molecular complexity index is 257. The first-order valence-corrected chi connectivity index (χ1v) is 5.43. The number of amides is 1. The molecule has 2 bridgehead atoms. The van der Waals surface area contributed by atoms with Gasteiger partial charge in [-0.1, -0.05) is 0 Å². The second-order valence-electron chi connectivity index (χ2n) is 5.54. The third-order valence-electron chi connectivity index (χ3n) is 3.51. The van der Waals surface area contributed by atoms with Gasteiger partial charge < -0.3 is 4.90 Å². The standard InChI is InChI=1S/C11H20N2O/c1-8(14)12-6-10-5-9(12)7-13(10)11(2,3)4/h9-10H,5-7H2,1-4H3/t9-,10-/m1/s1. The van der Waals surface area contributed by atoms with Crippen LogP contribution in [-0.4, -0.2) is 46.4 Å². The highest BCUT2D eigenvalue weighted by atomic mass is 16.2. The van der Waals surface area contributed by atoms with Crippen molar-refractivity contribution in [3.8, 4) is 0 Å². The molecular formula is C11H20N2O. The minimum atomic E-state index is 0.242. The summed E-state index contributed by atoms with van der Waals surface area (Å²) in [5.74, 6) is 0.242. The lowest BCUT2D eigenvalue weighted by Crippen LogP contribution is -2.54. The second kappa shape index (κ2) is 2.96. The predicted octanol–water partition coefficient (Wildman–Crippen LogP) is 1.09. The maximum absolute atomic E-state index is 11.3. The zero-order chi connectivity index (χ0) is 10.5. The molecule has 2 aliphatic heterocycles. The molecule has 2 heterocycles. The fourth-order valence-corrected chi connectivity index (χ4v) is 2.87. The van der Waals surface area contributed by atoms with Crippen LogP contribution in [-0.2, 0) is 4.79 Å². The summed E-state index contributed by atoms with van der Waals surface area (Å²) in [5.41, 5.74) is 0.252. The number of hydrogen-bond donors (Lipinski definition) is 0. The molecular weight excluding hydrogens is 176 g/mol. The van der Waals surface area contributed by atoms with Gasteiger partial charge in [0.05, 0.1) is 0 Å². The first-order chi connectivity index (χ1) is 6.39. The second-order valence-corrected chi connectivity index (χ2v) is 5.54. The summed E-state index contributed by atoms with van der Waals surface area (Å²) in [4.78, 5) is 15.9. The Kier molecular flexibility index (Phi) is 2.11. The topological polar surface area (TPSA) is 23.6 Å². The molecule has 0 unspecified atom stereocenters. The maximum atomic E-state index is 11.3. The monoisotopic (exact) mass is 196 g/mol. The molecule has 2 rings (SSSR count). The molecule has 0 radical (unpaired) electrons.